The number of carbonyl (C=O) groups excluding carboxylic acids is 4. The number of carbonyl (C=O) groups is 5. The minimum atomic E-state index is -1.97. The summed E-state index contributed by atoms with van der Waals surface area (Å²) in [4.78, 5) is 114. The van der Waals surface area contributed by atoms with Crippen LogP contribution in [0.3, 0.4) is 0 Å². The van der Waals surface area contributed by atoms with Gasteiger partial charge in [0.15, 0.2) is 41.3 Å². The molecule has 0 unspecified atom stereocenters. The number of hydrogen-bond donors (Lipinski definition) is 6. The third-order valence-corrected chi connectivity index (χ3v) is 32.0. The second-order valence-corrected chi connectivity index (χ2v) is 53.4. The number of nitrogens with two attached hydrogens (primary N) is 2. The maximum absolute atomic E-state index is 11.5. The molecule has 12 heterocycles. The Labute approximate surface area is 863 Å². The number of anilines is 3. The number of hydrogen-bond acceptors (Lipinski definition) is 26. The molecule has 0 atom stereocenters. The number of halogens is 8. The number of allylic oxidation sites excluding steroid dienone is 4. The molecule has 28 nitrogen and oxygen atoms in total. The number of imidazole rings is 3. The fourth-order valence-corrected chi connectivity index (χ4v) is 22.6. The molecule has 0 radical (unpaired) electrons. The average Bonchev–Trinajstić information content (AvgIpc) is 1.58. The van der Waals surface area contributed by atoms with Gasteiger partial charge in [0.2, 0.25) is 11.8 Å². The molecule has 692 valence electrons. The van der Waals surface area contributed by atoms with E-state index < -0.39 is 24.3 Å². The molecule has 43 heteroatoms. The fraction of sp³-hybridized carbons (Fsp3) is 0.239. The van der Waals surface area contributed by atoms with Crippen LogP contribution in [0.25, 0.3) is 53.2 Å². The van der Waals surface area contributed by atoms with Gasteiger partial charge in [-0.25, -0.2) is 54.6 Å². The predicted octanol–water partition coefficient (Wildman–Crippen LogP) is 23.5. The molecule has 2 aromatic carbocycles. The predicted molar refractivity (Wildman–Crippen MR) is 561 cm³/mol. The van der Waals surface area contributed by atoms with E-state index in [1.165, 1.54) is 81.8 Å². The Morgan fingerprint density at radius 3 is 1.32 bits per heavy atom. The maximum atomic E-state index is 11.5. The van der Waals surface area contributed by atoms with Crippen molar-refractivity contribution in [2.75, 3.05) is 56.5 Å². The van der Waals surface area contributed by atoms with Crippen LogP contribution in [0.4, 0.5) is 17.5 Å². The number of benzene rings is 2. The Bertz CT molecular complexity index is 5680. The molecule has 13 aromatic rings. The fourth-order valence-electron chi connectivity index (χ4n) is 10.1. The van der Waals surface area contributed by atoms with Gasteiger partial charge >= 0.3 is 125 Å². The second-order valence-electron chi connectivity index (χ2n) is 27.0. The zero-order valence-electron chi connectivity index (χ0n) is 73.0. The molecular formula is C88H99Br8N19O9S5SnZn. The van der Waals surface area contributed by atoms with Gasteiger partial charge in [-0.1, -0.05) is 78.1 Å². The van der Waals surface area contributed by atoms with Crippen molar-refractivity contribution in [3.63, 3.8) is 0 Å². The molecule has 1 saturated heterocycles. The summed E-state index contributed by atoms with van der Waals surface area (Å²) in [7, 11) is 3.11. The molecule has 131 heavy (non-hydrogen) atoms. The van der Waals surface area contributed by atoms with Crippen LogP contribution >= 0.6 is 182 Å². The molecule has 0 spiro atoms. The van der Waals surface area contributed by atoms with Gasteiger partial charge < -0.3 is 55.1 Å². The van der Waals surface area contributed by atoms with Crippen LogP contribution < -0.4 is 31.0 Å². The number of aromatic carboxylic acids is 1. The van der Waals surface area contributed by atoms with Crippen molar-refractivity contribution in [1.29, 1.82) is 0 Å². The number of methoxy groups -OCH3 is 2. The first-order valence-corrected chi connectivity index (χ1v) is 65.7. The van der Waals surface area contributed by atoms with E-state index in [4.69, 9.17) is 35.8 Å². The van der Waals surface area contributed by atoms with Crippen molar-refractivity contribution in [2.24, 2.45) is 11.5 Å². The van der Waals surface area contributed by atoms with Gasteiger partial charge in [-0.3, -0.25) is 14.4 Å². The van der Waals surface area contributed by atoms with E-state index in [9.17, 15) is 24.0 Å². The summed E-state index contributed by atoms with van der Waals surface area (Å²) in [5, 5.41) is 18.2. The Morgan fingerprint density at radius 1 is 0.542 bits per heavy atom. The van der Waals surface area contributed by atoms with E-state index in [1.54, 1.807) is 86.1 Å². The number of thiazole rings is 5. The van der Waals surface area contributed by atoms with Crippen LogP contribution in [0.5, 0.6) is 0 Å². The quantitative estimate of drug-likeness (QED) is 0.00964. The molecule has 0 aliphatic carbocycles. The summed E-state index contributed by atoms with van der Waals surface area (Å²) < 4.78 is 26.5. The molecule has 14 rings (SSSR count). The number of nitrogens with zero attached hydrogens (tertiary/aromatic N) is 14. The van der Waals surface area contributed by atoms with E-state index >= 15 is 0 Å². The Kier molecular flexibility index (Phi) is 57.4. The molecular weight excluding hydrogens is 2450 g/mol. The molecule has 0 saturated carbocycles. The van der Waals surface area contributed by atoms with Crippen LogP contribution in [-0.2, 0) is 71.0 Å². The molecule has 11 aromatic heterocycles. The van der Waals surface area contributed by atoms with E-state index in [2.05, 4.69) is 268 Å². The minimum absolute atomic E-state index is 0.0791. The van der Waals surface area contributed by atoms with Crippen molar-refractivity contribution in [2.45, 2.75) is 93.6 Å². The number of nitrogens with one attached hydrogen (secondary N) is 3. The third-order valence-electron chi connectivity index (χ3n) is 16.0. The second kappa shape index (κ2) is 64.7. The first kappa shape index (κ1) is 116. The van der Waals surface area contributed by atoms with Crippen molar-refractivity contribution < 1.29 is 59.6 Å². The number of Topliss-reactive ketones (excluding diaryl/α,β-unsaturated/α-hetero) is 1. The standard InChI is InChI=1S/C23H21N5OS.C16H14BrN5OS.C9H7Br2N3S.C8H7Br2NOS.C7H7N2O.C7H7.C4HBr2NO2S.C4H11NO2.C4H8O.C3H7N.3CH3.BrH.Sn.Zn/c1-3-12-28-13-11-25-22(28)21-19(14-17-7-5-4-6-8-17)27-23(30-21)18-9-10-24-20(15-18)26-16(2)29;1-3-7-22-8-6-19-15(22)13-14(17)21-16(24-13)11-4-5-18-12(9-11)20-10(2)23;1-2-4-14-5-3-12-8(14)6-7(10)13-9(11)15-6;1-2-3-4-5(12)6-7(9)11-8(10)13-6;1-6(10)9-7-4-2-3-5-8-7;1-7-5-3-2-4-6-7;5-2-1(3(8)9)10-4(6)7-2;1-6-4(3-5)7-2;1-2-4-5-3-1;1-2-3-4;;;;;;/h3-11,13,15H,1,12,14H2,2H3,(H,24,26,29);3-6,8-9H,1,7H2,2H3,(H,18,20,23);2-3,5H,1,4H2;2H,1,3-4H2;2,4-5H,1H3,(H,8,9,10);2-6H,1H2;(H,8,9);4H,3,5H2,1-2H3;1-4H2;2H,1,3-4H2;3*1H3;1H;;/q;;;;;-1;;;;;;;;;;+2/p-1. The summed E-state index contributed by atoms with van der Waals surface area (Å²) in [6.07, 6.45) is 29.5. The third kappa shape index (κ3) is 43.2. The van der Waals surface area contributed by atoms with Crippen molar-refractivity contribution in [3.05, 3.63) is 280 Å². The summed E-state index contributed by atoms with van der Waals surface area (Å²) in [6, 6.07) is 31.5. The first-order valence-electron chi connectivity index (χ1n) is 39.2. The summed E-state index contributed by atoms with van der Waals surface area (Å²) >= 11 is 32.2. The Morgan fingerprint density at radius 2 is 0.969 bits per heavy atom. The van der Waals surface area contributed by atoms with Gasteiger partial charge in [0.05, 0.1) is 10.6 Å². The summed E-state index contributed by atoms with van der Waals surface area (Å²) in [6.45, 7) is 31.5. The van der Waals surface area contributed by atoms with Gasteiger partial charge in [-0.05, 0) is 161 Å². The van der Waals surface area contributed by atoms with Crippen LogP contribution in [-0.4, -0.2) is 168 Å². The van der Waals surface area contributed by atoms with Crippen molar-refractivity contribution in [3.8, 4) is 53.2 Å². The Balaban J connectivity index is 0.000000321. The average molecular weight is 2550 g/mol. The van der Waals surface area contributed by atoms with Gasteiger partial charge in [0.1, 0.15) is 59.6 Å². The van der Waals surface area contributed by atoms with Crippen LogP contribution in [0, 0.1) is 6.92 Å². The zero-order valence-corrected chi connectivity index (χ0v) is 95.6. The van der Waals surface area contributed by atoms with Gasteiger partial charge in [0, 0.05) is 148 Å². The molecule has 1 fully saturated rings. The number of amides is 3. The van der Waals surface area contributed by atoms with Crippen molar-refractivity contribution in [1.82, 2.24) is 68.5 Å². The normalized spacial score (nSPS) is 10.7. The Hall–Kier alpha value is -7.15. The number of carboxylic acid groups (broad SMARTS) is 1. The van der Waals surface area contributed by atoms with E-state index in [0.717, 1.165) is 113 Å². The molecule has 1 aliphatic heterocycles. The number of ketones is 1. The SMILES string of the molecule is C1CCOC1.C=CCCC(=O)c1sc(Br)nc1Br.C=CCN.C=CCn1ccnc1-c1sc(-c2ccnc(NC(C)=O)c2)nc1Br.C=CCn1ccnc1-c1sc(-c2ccnc(NC(C)=O)c2)nc1Cc1ccccc1.C=CCn1ccnc1-c1sc(Br)nc1Br.CC(=O)Nc1cc[c]([Sn]([CH3])([CH3])[CH3])cn1.COC(CN)OC.O=C(O)c1sc(Br)nc1Br.[CH2-]c1ccccc1.[Zn+][Br]. The number of ether oxygens (including phenoxy) is 3. The van der Waals surface area contributed by atoms with Crippen LogP contribution in [0.1, 0.15) is 82.6 Å². The van der Waals surface area contributed by atoms with E-state index in [0.29, 0.717) is 80.9 Å². The monoisotopic (exact) mass is 2540 g/mol. The van der Waals surface area contributed by atoms with Gasteiger partial charge in [-0.2, -0.15) is 24.6 Å². The molecule has 3 amide bonds. The van der Waals surface area contributed by atoms with Crippen molar-refractivity contribution >= 4 is 251 Å². The summed E-state index contributed by atoms with van der Waals surface area (Å²) in [5.41, 5.74) is 15.1. The van der Waals surface area contributed by atoms with Crippen LogP contribution in [0.15, 0.2) is 246 Å². The number of pyridine rings is 3. The zero-order chi connectivity index (χ0) is 97.0. The molecule has 0 bridgehead atoms. The number of aromatic nitrogens is 14. The first-order chi connectivity index (χ1) is 62.7. The number of rotatable bonds is 26. The van der Waals surface area contributed by atoms with Gasteiger partial charge in [0.25, 0.3) is 0 Å². The molecule has 1 aliphatic rings. The van der Waals surface area contributed by atoms with Crippen LogP contribution in [0.2, 0.25) is 14.8 Å². The van der Waals surface area contributed by atoms with E-state index in [-0.39, 0.29) is 34.7 Å². The van der Waals surface area contributed by atoms with Gasteiger partial charge in [-0.15, -0.1) is 90.4 Å². The number of carboxylic acids is 1. The van der Waals surface area contributed by atoms with E-state index in [1.807, 2.05) is 125 Å². The summed E-state index contributed by atoms with van der Waals surface area (Å²) in [5.74, 6) is 3.01. The molecule has 8 N–H and O–H groups in total. The topological polar surface area (TPSA) is 378 Å².